The summed E-state index contributed by atoms with van der Waals surface area (Å²) in [5, 5.41) is 11.8. The maximum atomic E-state index is 12.2. The first-order valence-corrected chi connectivity index (χ1v) is 12.3. The molecular formula is C24H32O5S. The number of hydrogen-bond donors (Lipinski definition) is 1. The number of allylic oxidation sites excluding steroid dienone is 1. The van der Waals surface area contributed by atoms with Crippen LogP contribution < -0.4 is 0 Å². The summed E-state index contributed by atoms with van der Waals surface area (Å²) in [6.07, 6.45) is 6.98. The number of aliphatic hydroxyl groups is 1. The molecule has 0 bridgehead atoms. The molecule has 0 aromatic carbocycles. The molecule has 1 heterocycles. The molecule has 3 saturated carbocycles. The Bertz CT molecular complexity index is 851. The molecule has 7 unspecified atom stereocenters. The van der Waals surface area contributed by atoms with E-state index in [4.69, 9.17) is 4.74 Å². The maximum Gasteiger partial charge on any atom is 0.306 e. The molecule has 0 radical (unpaired) electrons. The molecule has 1 saturated heterocycles. The molecule has 5 nitrogen and oxygen atoms in total. The van der Waals surface area contributed by atoms with E-state index in [9.17, 15) is 19.5 Å². The summed E-state index contributed by atoms with van der Waals surface area (Å²) < 4.78 is 5.99. The fourth-order valence-corrected chi connectivity index (χ4v) is 9.43. The average Bonchev–Trinajstić information content (AvgIpc) is 3.16. The summed E-state index contributed by atoms with van der Waals surface area (Å²) in [6.45, 7) is 6.06. The standard InChI is InChI=1S/C24H32O5S/c1-13(25)30-18-11-14-10-15(26)4-7-22(14,2)21-17(27)12-23(3)16(20(18)21)5-8-24(23)9-6-19(28)29-24/h10,16-18,20-21,27H,4-9,11-12H2,1-3H3/t16?,17?,18-,20?,21?,22?,23?,24?/m1/s1. The van der Waals surface area contributed by atoms with Gasteiger partial charge in [0.15, 0.2) is 10.9 Å². The van der Waals surface area contributed by atoms with E-state index in [1.165, 1.54) is 11.8 Å². The van der Waals surface area contributed by atoms with Gasteiger partial charge >= 0.3 is 5.97 Å². The van der Waals surface area contributed by atoms with Gasteiger partial charge in [-0.3, -0.25) is 14.4 Å². The molecule has 5 aliphatic rings. The van der Waals surface area contributed by atoms with Gasteiger partial charge in [0.25, 0.3) is 0 Å². The van der Waals surface area contributed by atoms with Gasteiger partial charge in [-0.2, -0.15) is 0 Å². The Balaban J connectivity index is 1.60. The van der Waals surface area contributed by atoms with E-state index in [-0.39, 0.29) is 44.8 Å². The van der Waals surface area contributed by atoms with E-state index in [1.54, 1.807) is 6.92 Å². The first-order chi connectivity index (χ1) is 14.1. The second-order valence-electron chi connectivity index (χ2n) is 10.8. The molecule has 4 aliphatic carbocycles. The lowest BCUT2D eigenvalue weighted by Crippen LogP contribution is -2.62. The second-order valence-corrected chi connectivity index (χ2v) is 12.2. The van der Waals surface area contributed by atoms with Crippen LogP contribution in [0.3, 0.4) is 0 Å². The lowest BCUT2D eigenvalue weighted by molar-refractivity contribution is -0.183. The van der Waals surface area contributed by atoms with Crippen molar-refractivity contribution >= 4 is 28.6 Å². The zero-order valence-electron chi connectivity index (χ0n) is 18.1. The van der Waals surface area contributed by atoms with E-state index in [0.29, 0.717) is 25.2 Å². The monoisotopic (exact) mass is 432 g/mol. The molecule has 8 atom stereocenters. The Kier molecular flexibility index (Phi) is 4.62. The third-order valence-electron chi connectivity index (χ3n) is 9.55. The minimum absolute atomic E-state index is 0.0350. The minimum Gasteiger partial charge on any atom is -0.458 e. The molecule has 0 aromatic rings. The van der Waals surface area contributed by atoms with Gasteiger partial charge in [0, 0.05) is 30.4 Å². The second kappa shape index (κ2) is 6.68. The van der Waals surface area contributed by atoms with E-state index >= 15 is 0 Å². The number of aliphatic hydroxyl groups excluding tert-OH is 1. The average molecular weight is 433 g/mol. The fourth-order valence-electron chi connectivity index (χ4n) is 8.23. The van der Waals surface area contributed by atoms with Gasteiger partial charge in [-0.15, -0.1) is 0 Å². The van der Waals surface area contributed by atoms with Gasteiger partial charge in [-0.1, -0.05) is 31.2 Å². The molecule has 0 amide bonds. The quantitative estimate of drug-likeness (QED) is 0.635. The number of esters is 1. The first kappa shape index (κ1) is 20.7. The summed E-state index contributed by atoms with van der Waals surface area (Å²) in [6, 6.07) is 0. The molecule has 1 N–H and O–H groups in total. The number of carbonyl (C=O) groups is 3. The molecule has 6 heteroatoms. The highest BCUT2D eigenvalue weighted by Gasteiger charge is 2.70. The number of hydrogen-bond acceptors (Lipinski definition) is 6. The van der Waals surface area contributed by atoms with Gasteiger partial charge in [0.2, 0.25) is 0 Å². The predicted molar refractivity (Wildman–Crippen MR) is 114 cm³/mol. The Morgan fingerprint density at radius 2 is 1.97 bits per heavy atom. The Morgan fingerprint density at radius 3 is 2.63 bits per heavy atom. The highest BCUT2D eigenvalue weighted by Crippen LogP contribution is 2.70. The van der Waals surface area contributed by atoms with E-state index in [0.717, 1.165) is 37.7 Å². The van der Waals surface area contributed by atoms with Crippen LogP contribution in [0.5, 0.6) is 0 Å². The smallest absolute Gasteiger partial charge is 0.306 e. The van der Waals surface area contributed by atoms with Crippen molar-refractivity contribution in [1.82, 2.24) is 0 Å². The van der Waals surface area contributed by atoms with Crippen molar-refractivity contribution in [3.8, 4) is 0 Å². The zero-order chi connectivity index (χ0) is 21.5. The summed E-state index contributed by atoms with van der Waals surface area (Å²) in [5.74, 6) is 0.578. The molecule has 0 aromatic heterocycles. The van der Waals surface area contributed by atoms with Crippen LogP contribution in [0.1, 0.15) is 72.1 Å². The Hall–Kier alpha value is -1.14. The Labute approximate surface area is 182 Å². The largest absolute Gasteiger partial charge is 0.458 e. The van der Waals surface area contributed by atoms with Crippen molar-refractivity contribution < 1.29 is 24.2 Å². The Morgan fingerprint density at radius 1 is 1.20 bits per heavy atom. The molecular weight excluding hydrogens is 400 g/mol. The van der Waals surface area contributed by atoms with Crippen molar-refractivity contribution in [1.29, 1.82) is 0 Å². The molecule has 5 rings (SSSR count). The van der Waals surface area contributed by atoms with Crippen LogP contribution in [-0.4, -0.2) is 38.9 Å². The number of fused-ring (bicyclic) bond motifs is 6. The van der Waals surface area contributed by atoms with Crippen LogP contribution in [0.4, 0.5) is 0 Å². The maximum absolute atomic E-state index is 12.2. The van der Waals surface area contributed by atoms with Gasteiger partial charge in [0.05, 0.1) is 6.10 Å². The van der Waals surface area contributed by atoms with Gasteiger partial charge in [-0.05, 0) is 67.8 Å². The number of ether oxygens (including phenoxy) is 1. The normalized spacial score (nSPS) is 49.9. The zero-order valence-corrected chi connectivity index (χ0v) is 18.9. The molecule has 1 spiro atoms. The predicted octanol–water partition coefficient (Wildman–Crippen LogP) is 3.82. The van der Waals surface area contributed by atoms with Crippen LogP contribution in [-0.2, 0) is 19.1 Å². The van der Waals surface area contributed by atoms with Crippen molar-refractivity contribution in [3.05, 3.63) is 11.6 Å². The minimum atomic E-state index is -0.525. The number of rotatable bonds is 1. The van der Waals surface area contributed by atoms with Gasteiger partial charge in [-0.25, -0.2) is 0 Å². The van der Waals surface area contributed by atoms with Crippen molar-refractivity contribution in [2.24, 2.45) is 28.6 Å². The number of thioether (sulfide) groups is 1. The molecule has 4 fully saturated rings. The van der Waals surface area contributed by atoms with E-state index in [1.807, 2.05) is 6.08 Å². The van der Waals surface area contributed by atoms with Crippen LogP contribution in [0, 0.1) is 28.6 Å². The van der Waals surface area contributed by atoms with Gasteiger partial charge < -0.3 is 9.84 Å². The summed E-state index contributed by atoms with van der Waals surface area (Å²) in [4.78, 5) is 36.5. The lowest BCUT2D eigenvalue weighted by atomic mass is 9.45. The third kappa shape index (κ3) is 2.68. The summed E-state index contributed by atoms with van der Waals surface area (Å²) in [5.41, 5.74) is 0.194. The first-order valence-electron chi connectivity index (χ1n) is 11.4. The highest BCUT2D eigenvalue weighted by atomic mass is 32.2. The van der Waals surface area contributed by atoms with E-state index < -0.39 is 11.7 Å². The van der Waals surface area contributed by atoms with Crippen LogP contribution >= 0.6 is 11.8 Å². The number of carbonyl (C=O) groups excluding carboxylic acids is 3. The highest BCUT2D eigenvalue weighted by molar-refractivity contribution is 8.14. The van der Waals surface area contributed by atoms with E-state index in [2.05, 4.69) is 13.8 Å². The molecule has 164 valence electrons. The summed E-state index contributed by atoms with van der Waals surface area (Å²) >= 11 is 1.39. The van der Waals surface area contributed by atoms with Crippen LogP contribution in [0.15, 0.2) is 11.6 Å². The van der Waals surface area contributed by atoms with Gasteiger partial charge in [0.1, 0.15) is 5.60 Å². The molecule has 1 aliphatic heterocycles. The van der Waals surface area contributed by atoms with Crippen molar-refractivity contribution in [2.45, 2.75) is 89.1 Å². The van der Waals surface area contributed by atoms with Crippen LogP contribution in [0.25, 0.3) is 0 Å². The topological polar surface area (TPSA) is 80.7 Å². The van der Waals surface area contributed by atoms with Crippen molar-refractivity contribution in [3.63, 3.8) is 0 Å². The lowest BCUT2D eigenvalue weighted by Gasteiger charge is -2.62. The SMILES string of the molecule is CC(=O)S[C@@H]1CC2=CC(=O)CCC2(C)C2C(O)CC3(C)C(CCC34CCC(=O)O4)C21. The number of ketones is 1. The van der Waals surface area contributed by atoms with Crippen molar-refractivity contribution in [2.75, 3.05) is 0 Å². The molecule has 30 heavy (non-hydrogen) atoms. The third-order valence-corrected chi connectivity index (χ3v) is 10.7. The van der Waals surface area contributed by atoms with Crippen LogP contribution in [0.2, 0.25) is 0 Å². The summed E-state index contributed by atoms with van der Waals surface area (Å²) in [7, 11) is 0. The fraction of sp³-hybridized carbons (Fsp3) is 0.792.